The molecule has 0 radical (unpaired) electrons. The van der Waals surface area contributed by atoms with E-state index in [4.69, 9.17) is 11.6 Å². The fraction of sp³-hybridized carbons (Fsp3) is 0. The molecule has 0 unspecified atom stereocenters. The molecule has 0 saturated carbocycles. The molecule has 0 aliphatic heterocycles. The minimum Gasteiger partial charge on any atom is -0.279 e. The zero-order valence-electron chi connectivity index (χ0n) is 9.27. The van der Waals surface area contributed by atoms with E-state index in [2.05, 4.69) is 25.6 Å². The number of hydrogen-bond donors (Lipinski definition) is 1. The van der Waals surface area contributed by atoms with Crippen LogP contribution in [0.25, 0.3) is 0 Å². The van der Waals surface area contributed by atoms with Gasteiger partial charge < -0.3 is 0 Å². The van der Waals surface area contributed by atoms with E-state index in [1.807, 2.05) is 0 Å². The number of anilines is 1. The van der Waals surface area contributed by atoms with Gasteiger partial charge in [0.2, 0.25) is 0 Å². The maximum absolute atomic E-state index is 13.3. The van der Waals surface area contributed by atoms with Crippen LogP contribution in [0.4, 0.5) is 10.1 Å². The van der Waals surface area contributed by atoms with Gasteiger partial charge in [0.05, 0.1) is 15.1 Å². The zero-order valence-corrected chi connectivity index (χ0v) is 12.4. The molecule has 2 aromatic rings. The fourth-order valence-corrected chi connectivity index (χ4v) is 2.81. The molecule has 0 amide bonds. The Kier molecular flexibility index (Phi) is 4.07. The van der Waals surface area contributed by atoms with Crippen LogP contribution in [0.15, 0.2) is 45.9 Å². The summed E-state index contributed by atoms with van der Waals surface area (Å²) in [6, 6.07) is 6.34. The predicted molar refractivity (Wildman–Crippen MR) is 74.2 cm³/mol. The molecular formula is C11H7BrClFN2O2S. The van der Waals surface area contributed by atoms with Crippen molar-refractivity contribution in [2.45, 2.75) is 4.90 Å². The Balaban J connectivity index is 2.35. The largest absolute Gasteiger partial charge is 0.279 e. The molecule has 0 bridgehead atoms. The molecule has 1 N–H and O–H groups in total. The lowest BCUT2D eigenvalue weighted by molar-refractivity contribution is 0.593. The normalized spacial score (nSPS) is 11.3. The minimum atomic E-state index is -3.87. The first kappa shape index (κ1) is 14.2. The Hall–Kier alpha value is -1.18. The number of rotatable bonds is 3. The zero-order chi connectivity index (χ0) is 14.0. The smallest absolute Gasteiger partial charge is 0.261 e. The van der Waals surface area contributed by atoms with Gasteiger partial charge in [-0.3, -0.25) is 4.72 Å². The number of nitrogens with zero attached hydrogens (tertiary/aromatic N) is 1. The number of sulfonamides is 1. The molecule has 2 rings (SSSR count). The van der Waals surface area contributed by atoms with E-state index in [1.54, 1.807) is 0 Å². The molecule has 1 aromatic heterocycles. The highest BCUT2D eigenvalue weighted by Crippen LogP contribution is 2.22. The molecular weight excluding hydrogens is 359 g/mol. The van der Waals surface area contributed by atoms with E-state index in [0.29, 0.717) is 0 Å². The van der Waals surface area contributed by atoms with Crippen molar-refractivity contribution in [2.75, 3.05) is 4.72 Å². The number of pyridine rings is 1. The molecule has 1 aromatic carbocycles. The Bertz CT molecular complexity index is 724. The highest BCUT2D eigenvalue weighted by Gasteiger charge is 2.16. The van der Waals surface area contributed by atoms with Gasteiger partial charge in [0, 0.05) is 6.20 Å². The van der Waals surface area contributed by atoms with Gasteiger partial charge in [0.15, 0.2) is 0 Å². The van der Waals surface area contributed by atoms with Gasteiger partial charge in [0.1, 0.15) is 11.0 Å². The van der Waals surface area contributed by atoms with Gasteiger partial charge in [-0.1, -0.05) is 11.6 Å². The van der Waals surface area contributed by atoms with Gasteiger partial charge >= 0.3 is 0 Å². The third-order valence-electron chi connectivity index (χ3n) is 2.18. The molecule has 0 aliphatic carbocycles. The summed E-state index contributed by atoms with van der Waals surface area (Å²) in [7, 11) is -3.87. The van der Waals surface area contributed by atoms with Crippen LogP contribution < -0.4 is 4.72 Å². The van der Waals surface area contributed by atoms with Gasteiger partial charge in [-0.2, -0.15) is 0 Å². The van der Waals surface area contributed by atoms with E-state index >= 15 is 0 Å². The third-order valence-corrected chi connectivity index (χ3v) is 4.41. The van der Waals surface area contributed by atoms with Crippen molar-refractivity contribution in [3.8, 4) is 0 Å². The molecule has 0 atom stereocenters. The van der Waals surface area contributed by atoms with Crippen LogP contribution in [-0.4, -0.2) is 13.4 Å². The monoisotopic (exact) mass is 364 g/mol. The van der Waals surface area contributed by atoms with Crippen molar-refractivity contribution in [2.24, 2.45) is 0 Å². The maximum atomic E-state index is 13.3. The Labute approximate surface area is 122 Å². The number of hydrogen-bond acceptors (Lipinski definition) is 3. The summed E-state index contributed by atoms with van der Waals surface area (Å²) in [6.45, 7) is 0. The Morgan fingerprint density at radius 3 is 2.63 bits per heavy atom. The van der Waals surface area contributed by atoms with Crippen molar-refractivity contribution >= 4 is 43.2 Å². The van der Waals surface area contributed by atoms with Gasteiger partial charge in [0.25, 0.3) is 10.0 Å². The van der Waals surface area contributed by atoms with Crippen molar-refractivity contribution < 1.29 is 12.8 Å². The van der Waals surface area contributed by atoms with Crippen LogP contribution in [0.5, 0.6) is 0 Å². The molecule has 0 saturated heterocycles. The first-order valence-corrected chi connectivity index (χ1v) is 7.63. The minimum absolute atomic E-state index is 0.155. The fourth-order valence-electron chi connectivity index (χ4n) is 1.32. The summed E-state index contributed by atoms with van der Waals surface area (Å²) >= 11 is 8.61. The van der Waals surface area contributed by atoms with Crippen LogP contribution in [0.2, 0.25) is 5.15 Å². The quantitative estimate of drug-likeness (QED) is 0.848. The molecule has 1 heterocycles. The summed E-state index contributed by atoms with van der Waals surface area (Å²) in [5.41, 5.74) is 0.253. The summed E-state index contributed by atoms with van der Waals surface area (Å²) in [6.07, 6.45) is 1.36. The standard InChI is InChI=1S/C11H7BrClFN2O2S/c12-9-2-1-8(6-10(9)14)19(17,18)16-7-3-4-15-11(13)5-7/h1-6H,(H,15,16). The number of benzene rings is 1. The van der Waals surface area contributed by atoms with Gasteiger partial charge in [-0.25, -0.2) is 17.8 Å². The average molecular weight is 366 g/mol. The van der Waals surface area contributed by atoms with Crippen LogP contribution in [0.1, 0.15) is 0 Å². The summed E-state index contributed by atoms with van der Waals surface area (Å²) in [4.78, 5) is 3.55. The molecule has 0 fully saturated rings. The van der Waals surface area contributed by atoms with Crippen LogP contribution >= 0.6 is 27.5 Å². The SMILES string of the molecule is O=S(=O)(Nc1ccnc(Cl)c1)c1ccc(Br)c(F)c1. The van der Waals surface area contributed by atoms with E-state index < -0.39 is 15.8 Å². The number of aromatic nitrogens is 1. The lowest BCUT2D eigenvalue weighted by atomic mass is 10.3. The molecule has 19 heavy (non-hydrogen) atoms. The van der Waals surface area contributed by atoms with Crippen LogP contribution in [-0.2, 0) is 10.0 Å². The molecule has 0 spiro atoms. The average Bonchev–Trinajstić information content (AvgIpc) is 2.32. The predicted octanol–water partition coefficient (Wildman–Crippen LogP) is 3.44. The second kappa shape index (κ2) is 5.44. The topological polar surface area (TPSA) is 59.1 Å². The number of halogens is 3. The van der Waals surface area contributed by atoms with E-state index in [1.165, 1.54) is 30.5 Å². The molecule has 8 heteroatoms. The molecule has 0 aliphatic rings. The first-order valence-electron chi connectivity index (χ1n) is 4.98. The van der Waals surface area contributed by atoms with E-state index in [9.17, 15) is 12.8 Å². The molecule has 4 nitrogen and oxygen atoms in total. The number of nitrogens with one attached hydrogen (secondary N) is 1. The lowest BCUT2D eigenvalue weighted by Crippen LogP contribution is -2.13. The Morgan fingerprint density at radius 2 is 2.00 bits per heavy atom. The van der Waals surface area contributed by atoms with Crippen molar-refractivity contribution in [1.82, 2.24) is 4.98 Å². The van der Waals surface area contributed by atoms with Gasteiger partial charge in [-0.15, -0.1) is 0 Å². The van der Waals surface area contributed by atoms with Crippen LogP contribution in [0.3, 0.4) is 0 Å². The summed E-state index contributed by atoms with van der Waals surface area (Å²) in [5.74, 6) is -0.657. The van der Waals surface area contributed by atoms with E-state index in [-0.39, 0.29) is 20.2 Å². The van der Waals surface area contributed by atoms with Crippen molar-refractivity contribution in [1.29, 1.82) is 0 Å². The second-order valence-electron chi connectivity index (χ2n) is 3.55. The third kappa shape index (κ3) is 3.43. The van der Waals surface area contributed by atoms with Crippen molar-refractivity contribution in [3.05, 3.63) is 52.0 Å². The molecule has 100 valence electrons. The van der Waals surface area contributed by atoms with Crippen LogP contribution in [0, 0.1) is 5.82 Å². The van der Waals surface area contributed by atoms with Crippen molar-refractivity contribution in [3.63, 3.8) is 0 Å². The van der Waals surface area contributed by atoms with Gasteiger partial charge in [-0.05, 0) is 46.3 Å². The Morgan fingerprint density at radius 1 is 1.26 bits per heavy atom. The highest BCUT2D eigenvalue weighted by atomic mass is 79.9. The highest BCUT2D eigenvalue weighted by molar-refractivity contribution is 9.10. The first-order chi connectivity index (χ1) is 8.88. The second-order valence-corrected chi connectivity index (χ2v) is 6.47. The summed E-state index contributed by atoms with van der Waals surface area (Å²) in [5, 5.41) is 0.155. The maximum Gasteiger partial charge on any atom is 0.261 e. The summed E-state index contributed by atoms with van der Waals surface area (Å²) < 4.78 is 39.9. The lowest BCUT2D eigenvalue weighted by Gasteiger charge is -2.08. The van der Waals surface area contributed by atoms with E-state index in [0.717, 1.165) is 6.07 Å².